The second kappa shape index (κ2) is 10.2. The first-order chi connectivity index (χ1) is 14.9. The van der Waals surface area contributed by atoms with Crippen LogP contribution in [0.1, 0.15) is 37.4 Å². The lowest BCUT2D eigenvalue weighted by Gasteiger charge is -2.30. The van der Waals surface area contributed by atoms with Gasteiger partial charge in [0.1, 0.15) is 0 Å². The predicted octanol–water partition coefficient (Wildman–Crippen LogP) is 4.51. The Bertz CT molecular complexity index is 983. The number of nitrogens with two attached hydrogens (primary N) is 1. The molecule has 6 heteroatoms. The number of aliphatic carboxylic acids is 1. The van der Waals surface area contributed by atoms with Gasteiger partial charge in [-0.25, -0.2) is 15.7 Å². The molecule has 3 N–H and O–H groups in total. The molecule has 0 bridgehead atoms. The highest BCUT2D eigenvalue weighted by atomic mass is 16.6. The molecule has 0 saturated heterocycles. The maximum atomic E-state index is 11.6. The standard InChI is InChI=1S/C25H29N3O3/c1-25(2,23(31-26)24(29)30)14-13-21(20-11-7-4-8-12-20)22(28-16-15-27-18-28)17-19-9-5-3-6-10-19/h3-13,15-16,18,22-23H,14,17,26H2,1-2H3,(H,29,30)/b21-13+. The fourth-order valence-corrected chi connectivity index (χ4v) is 3.80. The van der Waals surface area contributed by atoms with Crippen molar-refractivity contribution in [3.8, 4) is 0 Å². The third-order valence-corrected chi connectivity index (χ3v) is 5.54. The number of carboxylic acid groups (broad SMARTS) is 1. The Hall–Kier alpha value is -3.22. The first-order valence-corrected chi connectivity index (χ1v) is 10.3. The van der Waals surface area contributed by atoms with Gasteiger partial charge in [0.15, 0.2) is 6.10 Å². The van der Waals surface area contributed by atoms with Gasteiger partial charge in [0, 0.05) is 17.8 Å². The summed E-state index contributed by atoms with van der Waals surface area (Å²) >= 11 is 0. The van der Waals surface area contributed by atoms with E-state index in [-0.39, 0.29) is 6.04 Å². The van der Waals surface area contributed by atoms with Crippen molar-refractivity contribution in [2.75, 3.05) is 0 Å². The number of imidazole rings is 1. The Morgan fingerprint density at radius 1 is 1.16 bits per heavy atom. The molecule has 6 nitrogen and oxygen atoms in total. The lowest BCUT2D eigenvalue weighted by Crippen LogP contribution is -2.40. The van der Waals surface area contributed by atoms with Crippen molar-refractivity contribution in [2.45, 2.75) is 38.8 Å². The van der Waals surface area contributed by atoms with Crippen LogP contribution in [0.5, 0.6) is 0 Å². The van der Waals surface area contributed by atoms with Crippen molar-refractivity contribution in [3.05, 3.63) is 96.6 Å². The summed E-state index contributed by atoms with van der Waals surface area (Å²) in [5.74, 6) is 4.23. The Labute approximate surface area is 183 Å². The van der Waals surface area contributed by atoms with E-state index >= 15 is 0 Å². The number of rotatable bonds is 10. The van der Waals surface area contributed by atoms with E-state index in [2.05, 4.69) is 39.9 Å². The van der Waals surface area contributed by atoms with Crippen LogP contribution in [0.15, 0.2) is 85.5 Å². The zero-order valence-corrected chi connectivity index (χ0v) is 17.9. The van der Waals surface area contributed by atoms with E-state index in [4.69, 9.17) is 10.7 Å². The second-order valence-corrected chi connectivity index (χ2v) is 8.29. The van der Waals surface area contributed by atoms with Crippen molar-refractivity contribution in [1.82, 2.24) is 9.55 Å². The molecule has 0 aliphatic rings. The largest absolute Gasteiger partial charge is 0.479 e. The number of carboxylic acids is 1. The lowest BCUT2D eigenvalue weighted by molar-refractivity contribution is -0.159. The normalized spacial score (nSPS) is 14.2. The molecule has 2 unspecified atom stereocenters. The lowest BCUT2D eigenvalue weighted by atomic mass is 9.81. The minimum absolute atomic E-state index is 0.00910. The van der Waals surface area contributed by atoms with E-state index < -0.39 is 17.5 Å². The highest BCUT2D eigenvalue weighted by Gasteiger charge is 2.35. The maximum absolute atomic E-state index is 11.6. The smallest absolute Gasteiger partial charge is 0.335 e. The van der Waals surface area contributed by atoms with Crippen LogP contribution in [0.3, 0.4) is 0 Å². The molecule has 0 spiro atoms. The van der Waals surface area contributed by atoms with Gasteiger partial charge < -0.3 is 9.67 Å². The van der Waals surface area contributed by atoms with Gasteiger partial charge in [0.2, 0.25) is 0 Å². The summed E-state index contributed by atoms with van der Waals surface area (Å²) in [6.07, 6.45) is 7.79. The zero-order valence-electron chi connectivity index (χ0n) is 17.9. The van der Waals surface area contributed by atoms with E-state index in [1.807, 2.05) is 62.8 Å². The summed E-state index contributed by atoms with van der Waals surface area (Å²) in [6, 6.07) is 20.4. The third kappa shape index (κ3) is 5.69. The number of hydrogen-bond acceptors (Lipinski definition) is 4. The average Bonchev–Trinajstić information content (AvgIpc) is 3.29. The molecular weight excluding hydrogens is 390 g/mol. The number of allylic oxidation sites excluding steroid dienone is 2. The minimum Gasteiger partial charge on any atom is -0.479 e. The van der Waals surface area contributed by atoms with Crippen molar-refractivity contribution >= 4 is 11.5 Å². The molecular formula is C25H29N3O3. The summed E-state index contributed by atoms with van der Waals surface area (Å²) in [5, 5.41) is 9.51. The topological polar surface area (TPSA) is 90.4 Å². The SMILES string of the molecule is CC(C)(C/C=C(\c1ccccc1)C(Cc1ccccc1)n1ccnc1)C(ON)C(=O)O. The van der Waals surface area contributed by atoms with Crippen LogP contribution in [-0.2, 0) is 16.1 Å². The molecule has 1 aromatic heterocycles. The van der Waals surface area contributed by atoms with E-state index in [0.717, 1.165) is 17.6 Å². The summed E-state index contributed by atoms with van der Waals surface area (Å²) in [4.78, 5) is 20.7. The van der Waals surface area contributed by atoms with Crippen LogP contribution in [0.2, 0.25) is 0 Å². The molecule has 0 amide bonds. The Morgan fingerprint density at radius 3 is 2.35 bits per heavy atom. The van der Waals surface area contributed by atoms with Crippen LogP contribution in [0.25, 0.3) is 5.57 Å². The molecule has 0 aliphatic heterocycles. The molecule has 1 heterocycles. The fourth-order valence-electron chi connectivity index (χ4n) is 3.80. The van der Waals surface area contributed by atoms with E-state index in [1.165, 1.54) is 5.56 Å². The van der Waals surface area contributed by atoms with Crippen LogP contribution < -0.4 is 5.90 Å². The number of benzene rings is 2. The van der Waals surface area contributed by atoms with Gasteiger partial charge >= 0.3 is 5.97 Å². The highest BCUT2D eigenvalue weighted by Crippen LogP contribution is 2.35. The number of aromatic nitrogens is 2. The Balaban J connectivity index is 2.04. The summed E-state index contributed by atoms with van der Waals surface area (Å²) < 4.78 is 2.09. The maximum Gasteiger partial charge on any atom is 0.335 e. The fraction of sp³-hybridized carbons (Fsp3) is 0.280. The van der Waals surface area contributed by atoms with Gasteiger partial charge in [-0.3, -0.25) is 4.84 Å². The number of hydrogen-bond donors (Lipinski definition) is 2. The summed E-state index contributed by atoms with van der Waals surface area (Å²) in [6.45, 7) is 3.70. The first kappa shape index (κ1) is 22.5. The van der Waals surface area contributed by atoms with Gasteiger partial charge in [-0.05, 0) is 29.5 Å². The number of nitrogens with zero attached hydrogens (tertiary/aromatic N) is 2. The van der Waals surface area contributed by atoms with Crippen molar-refractivity contribution in [2.24, 2.45) is 11.3 Å². The van der Waals surface area contributed by atoms with Gasteiger partial charge in [0.05, 0.1) is 12.4 Å². The Kier molecular flexibility index (Phi) is 7.39. The van der Waals surface area contributed by atoms with E-state index in [1.54, 1.807) is 6.20 Å². The predicted molar refractivity (Wildman–Crippen MR) is 121 cm³/mol. The molecule has 2 atom stereocenters. The van der Waals surface area contributed by atoms with Gasteiger partial charge in [-0.2, -0.15) is 0 Å². The summed E-state index contributed by atoms with van der Waals surface area (Å²) in [7, 11) is 0. The van der Waals surface area contributed by atoms with Crippen molar-refractivity contribution in [1.29, 1.82) is 0 Å². The first-order valence-electron chi connectivity index (χ1n) is 10.3. The zero-order chi connectivity index (χ0) is 22.3. The minimum atomic E-state index is -1.11. The molecule has 162 valence electrons. The van der Waals surface area contributed by atoms with Crippen LogP contribution >= 0.6 is 0 Å². The number of carbonyl (C=O) groups is 1. The van der Waals surface area contributed by atoms with Gasteiger partial charge in [-0.1, -0.05) is 80.6 Å². The molecule has 3 aromatic rings. The van der Waals surface area contributed by atoms with E-state index in [0.29, 0.717) is 6.42 Å². The monoisotopic (exact) mass is 419 g/mol. The van der Waals surface area contributed by atoms with Crippen LogP contribution in [0.4, 0.5) is 0 Å². The van der Waals surface area contributed by atoms with Gasteiger partial charge in [-0.15, -0.1) is 0 Å². The second-order valence-electron chi connectivity index (χ2n) is 8.29. The molecule has 2 aromatic carbocycles. The van der Waals surface area contributed by atoms with Crippen molar-refractivity contribution < 1.29 is 14.7 Å². The molecule has 3 rings (SSSR count). The van der Waals surface area contributed by atoms with E-state index in [9.17, 15) is 9.90 Å². The van der Waals surface area contributed by atoms with Crippen LogP contribution in [0, 0.1) is 5.41 Å². The molecule has 0 radical (unpaired) electrons. The average molecular weight is 420 g/mol. The summed E-state index contributed by atoms with van der Waals surface area (Å²) in [5.41, 5.74) is 2.67. The molecule has 0 aliphatic carbocycles. The van der Waals surface area contributed by atoms with Gasteiger partial charge in [0.25, 0.3) is 0 Å². The third-order valence-electron chi connectivity index (χ3n) is 5.54. The molecule has 0 fully saturated rings. The van der Waals surface area contributed by atoms with Crippen molar-refractivity contribution in [3.63, 3.8) is 0 Å². The molecule has 31 heavy (non-hydrogen) atoms. The molecule has 0 saturated carbocycles. The van der Waals surface area contributed by atoms with Crippen LogP contribution in [-0.4, -0.2) is 26.7 Å². The quantitative estimate of drug-likeness (QED) is 0.472. The highest BCUT2D eigenvalue weighted by molar-refractivity contribution is 5.74. The Morgan fingerprint density at radius 2 is 1.81 bits per heavy atom.